The molecule has 8 nitrogen and oxygen atoms in total. The molecule has 1 rings (SSSR count). The number of nitrogens with one attached hydrogen (secondary N) is 1. The SMILES string of the molecule is CC(C)(C)OC(=O)NC(CC(=O)O)Cc1ccc([N+](=O)[O-])cc1. The molecule has 126 valence electrons. The van der Waals surface area contributed by atoms with Gasteiger partial charge in [-0.05, 0) is 32.8 Å². The highest BCUT2D eigenvalue weighted by Crippen LogP contribution is 2.14. The third-order valence-corrected chi connectivity index (χ3v) is 2.77. The number of nitro groups is 1. The van der Waals surface area contributed by atoms with Crippen molar-refractivity contribution < 1.29 is 24.4 Å². The molecule has 0 aromatic heterocycles. The van der Waals surface area contributed by atoms with Crippen LogP contribution in [0.5, 0.6) is 0 Å². The lowest BCUT2D eigenvalue weighted by Gasteiger charge is -2.23. The maximum Gasteiger partial charge on any atom is 0.407 e. The Hall–Kier alpha value is -2.64. The van der Waals surface area contributed by atoms with Gasteiger partial charge in [-0.1, -0.05) is 12.1 Å². The van der Waals surface area contributed by atoms with Crippen LogP contribution in [0.3, 0.4) is 0 Å². The fourth-order valence-electron chi connectivity index (χ4n) is 1.90. The third-order valence-electron chi connectivity index (χ3n) is 2.77. The minimum Gasteiger partial charge on any atom is -0.481 e. The van der Waals surface area contributed by atoms with E-state index >= 15 is 0 Å². The van der Waals surface area contributed by atoms with Crippen molar-refractivity contribution in [3.05, 3.63) is 39.9 Å². The number of rotatable bonds is 6. The summed E-state index contributed by atoms with van der Waals surface area (Å²) in [6, 6.07) is 5.05. The topological polar surface area (TPSA) is 119 Å². The van der Waals surface area contributed by atoms with E-state index in [0.717, 1.165) is 0 Å². The predicted molar refractivity (Wildman–Crippen MR) is 82.2 cm³/mol. The van der Waals surface area contributed by atoms with Crippen LogP contribution in [0.4, 0.5) is 10.5 Å². The van der Waals surface area contributed by atoms with Gasteiger partial charge in [-0.25, -0.2) is 4.79 Å². The van der Waals surface area contributed by atoms with Crippen molar-refractivity contribution in [2.45, 2.75) is 45.3 Å². The summed E-state index contributed by atoms with van der Waals surface area (Å²) in [5.74, 6) is -1.06. The number of carboxylic acids is 1. The van der Waals surface area contributed by atoms with Crippen molar-refractivity contribution in [1.29, 1.82) is 0 Å². The smallest absolute Gasteiger partial charge is 0.407 e. The van der Waals surface area contributed by atoms with E-state index in [9.17, 15) is 19.7 Å². The Kier molecular flexibility index (Phi) is 6.06. The Balaban J connectivity index is 2.76. The molecule has 0 radical (unpaired) electrons. The molecule has 0 aliphatic carbocycles. The van der Waals surface area contributed by atoms with E-state index in [4.69, 9.17) is 9.84 Å². The van der Waals surface area contributed by atoms with Crippen molar-refractivity contribution in [2.75, 3.05) is 0 Å². The lowest BCUT2D eigenvalue weighted by molar-refractivity contribution is -0.384. The maximum absolute atomic E-state index is 11.8. The Morgan fingerprint density at radius 1 is 1.30 bits per heavy atom. The summed E-state index contributed by atoms with van der Waals surface area (Å²) in [5, 5.41) is 22.1. The molecule has 0 saturated heterocycles. The molecule has 23 heavy (non-hydrogen) atoms. The van der Waals surface area contributed by atoms with Crippen molar-refractivity contribution in [2.24, 2.45) is 0 Å². The number of hydrogen-bond donors (Lipinski definition) is 2. The highest BCUT2D eigenvalue weighted by atomic mass is 16.6. The van der Waals surface area contributed by atoms with Gasteiger partial charge in [-0.3, -0.25) is 14.9 Å². The molecule has 1 unspecified atom stereocenters. The molecule has 0 aliphatic heterocycles. The van der Waals surface area contributed by atoms with Gasteiger partial charge in [-0.2, -0.15) is 0 Å². The minimum atomic E-state index is -1.06. The largest absolute Gasteiger partial charge is 0.481 e. The van der Waals surface area contributed by atoms with Gasteiger partial charge < -0.3 is 15.2 Å². The van der Waals surface area contributed by atoms with Crippen molar-refractivity contribution in [3.8, 4) is 0 Å². The molecule has 1 amide bonds. The zero-order chi connectivity index (χ0) is 17.6. The lowest BCUT2D eigenvalue weighted by Crippen LogP contribution is -2.41. The molecule has 0 spiro atoms. The molecule has 1 aromatic carbocycles. The first-order valence-electron chi connectivity index (χ1n) is 7.01. The van der Waals surface area contributed by atoms with Crippen molar-refractivity contribution >= 4 is 17.7 Å². The summed E-state index contributed by atoms with van der Waals surface area (Å²) >= 11 is 0. The third kappa shape index (κ3) is 7.25. The Morgan fingerprint density at radius 2 is 1.87 bits per heavy atom. The number of alkyl carbamates (subject to hydrolysis) is 1. The van der Waals surface area contributed by atoms with Gasteiger partial charge >= 0.3 is 12.1 Å². The van der Waals surface area contributed by atoms with E-state index in [0.29, 0.717) is 5.56 Å². The van der Waals surface area contributed by atoms with Crippen LogP contribution in [0.2, 0.25) is 0 Å². The van der Waals surface area contributed by atoms with Gasteiger partial charge in [0.05, 0.1) is 11.3 Å². The second kappa shape index (κ2) is 7.57. The van der Waals surface area contributed by atoms with E-state index in [1.165, 1.54) is 24.3 Å². The summed E-state index contributed by atoms with van der Waals surface area (Å²) in [6.45, 7) is 5.11. The predicted octanol–water partition coefficient (Wildman–Crippen LogP) is 2.51. The summed E-state index contributed by atoms with van der Waals surface area (Å²) in [7, 11) is 0. The highest BCUT2D eigenvalue weighted by molar-refractivity contribution is 5.71. The van der Waals surface area contributed by atoms with Crippen LogP contribution in [0, 0.1) is 10.1 Å². The summed E-state index contributed by atoms with van der Waals surface area (Å²) in [6.07, 6.45) is -0.759. The summed E-state index contributed by atoms with van der Waals surface area (Å²) in [5.41, 5.74) is -0.0628. The van der Waals surface area contributed by atoms with Gasteiger partial charge in [0.1, 0.15) is 5.60 Å². The van der Waals surface area contributed by atoms with Crippen LogP contribution < -0.4 is 5.32 Å². The van der Waals surface area contributed by atoms with Crippen LogP contribution in [0.25, 0.3) is 0 Å². The fourth-order valence-corrected chi connectivity index (χ4v) is 1.90. The molecule has 2 N–H and O–H groups in total. The average Bonchev–Trinajstić information content (AvgIpc) is 2.35. The molecular formula is C15H20N2O6. The molecule has 0 aliphatic rings. The fraction of sp³-hybridized carbons (Fsp3) is 0.467. The number of carboxylic acid groups (broad SMARTS) is 1. The first-order valence-corrected chi connectivity index (χ1v) is 7.01. The molecule has 0 bridgehead atoms. The molecule has 1 atom stereocenters. The zero-order valence-electron chi connectivity index (χ0n) is 13.2. The van der Waals surface area contributed by atoms with Gasteiger partial charge in [-0.15, -0.1) is 0 Å². The van der Waals surface area contributed by atoms with Crippen LogP contribution in [-0.4, -0.2) is 33.7 Å². The normalized spacial score (nSPS) is 12.3. The monoisotopic (exact) mass is 324 g/mol. The Labute approximate surface area is 133 Å². The number of benzene rings is 1. The second-order valence-corrected chi connectivity index (χ2v) is 6.07. The molecular weight excluding hydrogens is 304 g/mol. The van der Waals surface area contributed by atoms with E-state index in [-0.39, 0.29) is 18.5 Å². The summed E-state index contributed by atoms with van der Waals surface area (Å²) in [4.78, 5) is 32.8. The number of carbonyl (C=O) groups is 2. The standard InChI is InChI=1S/C15H20N2O6/c1-15(2,3)23-14(20)16-11(9-13(18)19)8-10-4-6-12(7-5-10)17(21)22/h4-7,11H,8-9H2,1-3H3,(H,16,20)(H,18,19). The van der Waals surface area contributed by atoms with E-state index < -0.39 is 28.6 Å². The van der Waals surface area contributed by atoms with Gasteiger partial charge in [0.2, 0.25) is 0 Å². The quantitative estimate of drug-likeness (QED) is 0.613. The minimum absolute atomic E-state index is 0.0522. The number of non-ortho nitro benzene ring substituents is 1. The van der Waals surface area contributed by atoms with Crippen molar-refractivity contribution in [1.82, 2.24) is 5.32 Å². The van der Waals surface area contributed by atoms with E-state index in [1.807, 2.05) is 0 Å². The molecule has 8 heteroatoms. The van der Waals surface area contributed by atoms with Crippen LogP contribution in [0.15, 0.2) is 24.3 Å². The number of carbonyl (C=O) groups excluding carboxylic acids is 1. The maximum atomic E-state index is 11.8. The Morgan fingerprint density at radius 3 is 2.30 bits per heavy atom. The number of hydrogen-bond acceptors (Lipinski definition) is 5. The first-order chi connectivity index (χ1) is 10.6. The second-order valence-electron chi connectivity index (χ2n) is 6.07. The van der Waals surface area contributed by atoms with E-state index in [2.05, 4.69) is 5.32 Å². The number of amides is 1. The first kappa shape index (κ1) is 18.4. The van der Waals surface area contributed by atoms with Gasteiger partial charge in [0.15, 0.2) is 0 Å². The van der Waals surface area contributed by atoms with Crippen molar-refractivity contribution in [3.63, 3.8) is 0 Å². The van der Waals surface area contributed by atoms with Crippen LogP contribution in [-0.2, 0) is 16.0 Å². The molecule has 1 aromatic rings. The van der Waals surface area contributed by atoms with Crippen LogP contribution in [0.1, 0.15) is 32.8 Å². The molecule has 0 saturated carbocycles. The number of aliphatic carboxylic acids is 1. The molecule has 0 fully saturated rings. The molecule has 0 heterocycles. The Bertz CT molecular complexity index is 577. The highest BCUT2D eigenvalue weighted by Gasteiger charge is 2.21. The van der Waals surface area contributed by atoms with Crippen LogP contribution >= 0.6 is 0 Å². The number of ether oxygens (including phenoxy) is 1. The number of nitro benzene ring substituents is 1. The van der Waals surface area contributed by atoms with Gasteiger partial charge in [0.25, 0.3) is 5.69 Å². The average molecular weight is 324 g/mol. The van der Waals surface area contributed by atoms with Gasteiger partial charge in [0, 0.05) is 18.2 Å². The summed E-state index contributed by atoms with van der Waals surface area (Å²) < 4.78 is 5.11. The number of nitrogens with zero attached hydrogens (tertiary/aromatic N) is 1. The zero-order valence-corrected chi connectivity index (χ0v) is 13.2. The van der Waals surface area contributed by atoms with E-state index in [1.54, 1.807) is 20.8 Å². The lowest BCUT2D eigenvalue weighted by atomic mass is 10.0.